The Morgan fingerprint density at radius 2 is 2.07 bits per heavy atom. The van der Waals surface area contributed by atoms with Crippen molar-refractivity contribution in [2.75, 3.05) is 17.5 Å². The van der Waals surface area contributed by atoms with Gasteiger partial charge in [0, 0.05) is 33.8 Å². The number of hydrogen-bond acceptors (Lipinski definition) is 5. The monoisotopic (exact) mass is 437 g/mol. The van der Waals surface area contributed by atoms with E-state index in [1.807, 2.05) is 31.4 Å². The molecule has 3 N–H and O–H groups in total. The van der Waals surface area contributed by atoms with Gasteiger partial charge in [0.15, 0.2) is 0 Å². The summed E-state index contributed by atoms with van der Waals surface area (Å²) in [6.45, 7) is 12.2. The van der Waals surface area contributed by atoms with Crippen LogP contribution < -0.4 is 10.5 Å². The highest BCUT2D eigenvalue weighted by Crippen LogP contribution is 2.37. The molecular formula is C20H24ClN3O2S2. The zero-order chi connectivity index (χ0) is 21.1. The predicted octanol–water partition coefficient (Wildman–Crippen LogP) is 5.02. The van der Waals surface area contributed by atoms with Gasteiger partial charge in [-0.15, -0.1) is 11.3 Å². The molecule has 0 fully saturated rings. The van der Waals surface area contributed by atoms with Crippen molar-refractivity contribution in [3.63, 3.8) is 0 Å². The van der Waals surface area contributed by atoms with Crippen LogP contribution in [0, 0.1) is 5.41 Å². The molecule has 0 aliphatic heterocycles. The van der Waals surface area contributed by atoms with Gasteiger partial charge in [-0.1, -0.05) is 32.0 Å². The number of nitrogens with zero attached hydrogens (tertiary/aromatic N) is 1. The van der Waals surface area contributed by atoms with E-state index in [0.29, 0.717) is 17.3 Å². The molecule has 8 heteroatoms. The predicted molar refractivity (Wildman–Crippen MR) is 123 cm³/mol. The van der Waals surface area contributed by atoms with Crippen LogP contribution in [0.4, 0.5) is 5.69 Å². The molecule has 0 aliphatic rings. The molecule has 0 unspecified atom stereocenters. The Labute approximate surface area is 175 Å². The molecule has 0 atom stereocenters. The molecule has 0 amide bonds. The first-order chi connectivity index (χ1) is 13.0. The molecule has 0 saturated carbocycles. The summed E-state index contributed by atoms with van der Waals surface area (Å²) < 4.78 is 25.1. The number of allylic oxidation sites excluding steroid dienone is 2. The molecule has 1 aromatic heterocycles. The summed E-state index contributed by atoms with van der Waals surface area (Å²) in [6.07, 6.45) is 2.99. The summed E-state index contributed by atoms with van der Waals surface area (Å²) in [5.41, 5.74) is 9.31. The molecule has 0 spiro atoms. The molecule has 0 bridgehead atoms. The summed E-state index contributed by atoms with van der Waals surface area (Å²) in [7, 11) is -3.35. The Kier molecular flexibility index (Phi) is 6.88. The van der Waals surface area contributed by atoms with Gasteiger partial charge in [-0.25, -0.2) is 8.42 Å². The molecule has 28 heavy (non-hydrogen) atoms. The number of rotatable bonds is 8. The fourth-order valence-electron chi connectivity index (χ4n) is 2.45. The highest BCUT2D eigenvalue weighted by Gasteiger charge is 2.21. The van der Waals surface area contributed by atoms with E-state index in [0.717, 1.165) is 33.5 Å². The van der Waals surface area contributed by atoms with Gasteiger partial charge >= 0.3 is 0 Å². The lowest BCUT2D eigenvalue weighted by Gasteiger charge is -2.23. The van der Waals surface area contributed by atoms with Crippen molar-refractivity contribution >= 4 is 50.9 Å². The van der Waals surface area contributed by atoms with Crippen molar-refractivity contribution in [1.82, 2.24) is 0 Å². The maximum Gasteiger partial charge on any atom is 0.229 e. The molecule has 0 saturated heterocycles. The Bertz CT molecular complexity index is 1040. The highest BCUT2D eigenvalue weighted by molar-refractivity contribution is 7.92. The quantitative estimate of drug-likeness (QED) is 0.449. The number of nitrogens with one attached hydrogen (secondary N) is 1. The van der Waals surface area contributed by atoms with Crippen molar-refractivity contribution in [2.45, 2.75) is 13.8 Å². The largest absolute Gasteiger partial charge is 0.330 e. The number of halogens is 1. The number of benzene rings is 1. The average molecular weight is 438 g/mol. The molecule has 1 aromatic carbocycles. The van der Waals surface area contributed by atoms with Crippen molar-refractivity contribution in [3.8, 4) is 10.4 Å². The van der Waals surface area contributed by atoms with Crippen LogP contribution in [0.3, 0.4) is 0 Å². The van der Waals surface area contributed by atoms with Gasteiger partial charge in [0.1, 0.15) is 0 Å². The lowest BCUT2D eigenvalue weighted by atomic mass is 9.88. The smallest absolute Gasteiger partial charge is 0.229 e. The molecule has 0 radical (unpaired) electrons. The number of anilines is 1. The van der Waals surface area contributed by atoms with Crippen molar-refractivity contribution in [1.29, 1.82) is 0 Å². The summed E-state index contributed by atoms with van der Waals surface area (Å²) in [5.74, 6) is 0. The van der Waals surface area contributed by atoms with E-state index >= 15 is 0 Å². The first-order valence-electron chi connectivity index (χ1n) is 8.41. The van der Waals surface area contributed by atoms with Gasteiger partial charge in [0.05, 0.1) is 11.3 Å². The number of sulfonamides is 1. The summed E-state index contributed by atoms with van der Waals surface area (Å²) in [4.78, 5) is 5.06. The highest BCUT2D eigenvalue weighted by atomic mass is 35.5. The first kappa shape index (κ1) is 22.4. The second kappa shape index (κ2) is 8.61. The van der Waals surface area contributed by atoms with Crippen LogP contribution in [-0.2, 0) is 10.0 Å². The zero-order valence-electron chi connectivity index (χ0n) is 16.1. The second-order valence-corrected chi connectivity index (χ2v) is 10.1. The molecule has 2 aromatic rings. The lowest BCUT2D eigenvalue weighted by Crippen LogP contribution is -2.25. The number of aliphatic imine (C=N–C) groups is 1. The van der Waals surface area contributed by atoms with E-state index in [1.54, 1.807) is 18.2 Å². The Balaban J connectivity index is 2.31. The van der Waals surface area contributed by atoms with Crippen molar-refractivity contribution in [2.24, 2.45) is 16.1 Å². The van der Waals surface area contributed by atoms with E-state index in [9.17, 15) is 8.42 Å². The topological polar surface area (TPSA) is 84.5 Å². The summed E-state index contributed by atoms with van der Waals surface area (Å²) >= 11 is 7.90. The third kappa shape index (κ3) is 5.54. The fourth-order valence-corrected chi connectivity index (χ4v) is 4.31. The Morgan fingerprint density at radius 1 is 1.39 bits per heavy atom. The van der Waals surface area contributed by atoms with Gasteiger partial charge in [0.2, 0.25) is 10.0 Å². The molecule has 150 valence electrons. The zero-order valence-corrected chi connectivity index (χ0v) is 18.5. The lowest BCUT2D eigenvalue weighted by molar-refractivity contribution is 0.457. The second-order valence-electron chi connectivity index (χ2n) is 7.07. The maximum atomic E-state index is 11.4. The SMILES string of the molecule is C=N/C(=C\C(=C)c1csc(-c2ccc(NS(C)(=O)=O)cc2Cl)c1)C(C)(C)CN. The first-order valence-corrected chi connectivity index (χ1v) is 11.6. The molecule has 5 nitrogen and oxygen atoms in total. The maximum absolute atomic E-state index is 11.4. The van der Waals surface area contributed by atoms with Crippen LogP contribution in [0.15, 0.2) is 53.0 Å². The van der Waals surface area contributed by atoms with Crippen LogP contribution in [-0.4, -0.2) is 27.9 Å². The molecular weight excluding hydrogens is 414 g/mol. The van der Waals surface area contributed by atoms with Gasteiger partial charge in [0.25, 0.3) is 0 Å². The van der Waals surface area contributed by atoms with E-state index in [-0.39, 0.29) is 5.41 Å². The minimum Gasteiger partial charge on any atom is -0.330 e. The Morgan fingerprint density at radius 3 is 2.61 bits per heavy atom. The van der Waals surface area contributed by atoms with Gasteiger partial charge < -0.3 is 5.73 Å². The van der Waals surface area contributed by atoms with Crippen molar-refractivity contribution in [3.05, 3.63) is 58.6 Å². The van der Waals surface area contributed by atoms with Crippen LogP contribution in [0.1, 0.15) is 19.4 Å². The molecule has 1 heterocycles. The standard InChI is InChI=1S/C20H24ClN3O2S2/c1-13(8-19(23-4)20(2,3)12-22)14-9-18(27-11-14)16-7-6-15(10-17(16)21)24-28(5,25)26/h6-11,24H,1,4,12,22H2,2-3,5H3/b19-8-. The Hall–Kier alpha value is -1.93. The number of nitrogens with two attached hydrogens (primary N) is 1. The van der Waals surface area contributed by atoms with E-state index < -0.39 is 10.0 Å². The third-order valence-electron chi connectivity index (χ3n) is 4.19. The van der Waals surface area contributed by atoms with E-state index in [1.165, 1.54) is 11.3 Å². The van der Waals surface area contributed by atoms with Crippen LogP contribution in [0.25, 0.3) is 16.0 Å². The van der Waals surface area contributed by atoms with Crippen LogP contribution >= 0.6 is 22.9 Å². The van der Waals surface area contributed by atoms with E-state index in [2.05, 4.69) is 23.0 Å². The summed E-state index contributed by atoms with van der Waals surface area (Å²) in [6, 6.07) is 7.05. The average Bonchev–Trinajstić information content (AvgIpc) is 3.07. The number of hydrogen-bond donors (Lipinski definition) is 2. The minimum atomic E-state index is -3.35. The normalized spacial score (nSPS) is 12.7. The summed E-state index contributed by atoms with van der Waals surface area (Å²) in [5, 5.41) is 2.45. The fraction of sp³-hybridized carbons (Fsp3) is 0.250. The molecule has 2 rings (SSSR count). The number of thiophene rings is 1. The van der Waals surface area contributed by atoms with Crippen LogP contribution in [0.5, 0.6) is 0 Å². The van der Waals surface area contributed by atoms with Gasteiger partial charge in [-0.2, -0.15) is 0 Å². The third-order valence-corrected chi connectivity index (χ3v) is 6.08. The van der Waals surface area contributed by atoms with Crippen LogP contribution in [0.2, 0.25) is 5.02 Å². The van der Waals surface area contributed by atoms with Gasteiger partial charge in [-0.3, -0.25) is 9.71 Å². The van der Waals surface area contributed by atoms with Crippen molar-refractivity contribution < 1.29 is 8.42 Å². The molecule has 0 aliphatic carbocycles. The van der Waals surface area contributed by atoms with Gasteiger partial charge in [-0.05, 0) is 53.6 Å². The van der Waals surface area contributed by atoms with E-state index in [4.69, 9.17) is 17.3 Å². The minimum absolute atomic E-state index is 0.296.